The standard InChI is InChI=1S/C18H17N5O4S/c1-10-7-11(2)23-17(19-10)21-22-18(23)28-9-15(24)20-16(25)14-8-26-12-5-3-4-6-13(12)27-14/h3-7,14H,8-9H2,1-2H3,(H,20,24,25)/t14-/m1/s1. The molecule has 1 N–H and O–H groups in total. The highest BCUT2D eigenvalue weighted by Gasteiger charge is 2.28. The molecule has 2 aromatic heterocycles. The number of fused-ring (bicyclic) bond motifs is 2. The van der Waals surface area contributed by atoms with E-state index in [-0.39, 0.29) is 12.4 Å². The van der Waals surface area contributed by atoms with E-state index in [1.807, 2.05) is 26.0 Å². The first-order valence-electron chi connectivity index (χ1n) is 8.55. The number of hydrogen-bond acceptors (Lipinski definition) is 8. The van der Waals surface area contributed by atoms with E-state index >= 15 is 0 Å². The summed E-state index contributed by atoms with van der Waals surface area (Å²) in [6.45, 7) is 3.84. The first kappa shape index (κ1) is 18.2. The van der Waals surface area contributed by atoms with E-state index < -0.39 is 17.9 Å². The van der Waals surface area contributed by atoms with Gasteiger partial charge in [-0.05, 0) is 32.0 Å². The van der Waals surface area contributed by atoms with Crippen molar-refractivity contribution in [1.82, 2.24) is 24.9 Å². The smallest absolute Gasteiger partial charge is 0.271 e. The van der Waals surface area contributed by atoms with Crippen LogP contribution >= 0.6 is 11.8 Å². The quantitative estimate of drug-likeness (QED) is 0.655. The van der Waals surface area contributed by atoms with Gasteiger partial charge in [-0.2, -0.15) is 0 Å². The Morgan fingerprint density at radius 1 is 1.25 bits per heavy atom. The number of amides is 2. The van der Waals surface area contributed by atoms with Crippen LogP contribution in [0.1, 0.15) is 11.4 Å². The number of ether oxygens (including phenoxy) is 2. The van der Waals surface area contributed by atoms with Crippen molar-refractivity contribution in [1.29, 1.82) is 0 Å². The summed E-state index contributed by atoms with van der Waals surface area (Å²) in [6.07, 6.45) is -0.882. The molecule has 9 nitrogen and oxygen atoms in total. The molecule has 1 aliphatic heterocycles. The van der Waals surface area contributed by atoms with Gasteiger partial charge in [0.05, 0.1) is 5.75 Å². The number of benzene rings is 1. The molecule has 0 fully saturated rings. The van der Waals surface area contributed by atoms with E-state index in [2.05, 4.69) is 20.5 Å². The number of rotatable bonds is 4. The first-order valence-corrected chi connectivity index (χ1v) is 9.54. The lowest BCUT2D eigenvalue weighted by Crippen LogP contribution is -2.46. The molecule has 0 bridgehead atoms. The molecule has 1 atom stereocenters. The van der Waals surface area contributed by atoms with Crippen LogP contribution in [0.3, 0.4) is 0 Å². The van der Waals surface area contributed by atoms with E-state index in [4.69, 9.17) is 9.47 Å². The monoisotopic (exact) mass is 399 g/mol. The molecule has 1 aliphatic rings. The molecule has 1 aromatic carbocycles. The van der Waals surface area contributed by atoms with Crippen molar-refractivity contribution in [3.63, 3.8) is 0 Å². The molecular formula is C18H17N5O4S. The highest BCUT2D eigenvalue weighted by molar-refractivity contribution is 7.99. The van der Waals surface area contributed by atoms with Crippen molar-refractivity contribution in [2.24, 2.45) is 0 Å². The summed E-state index contributed by atoms with van der Waals surface area (Å²) in [6, 6.07) is 8.97. The van der Waals surface area contributed by atoms with E-state index in [0.717, 1.165) is 11.4 Å². The van der Waals surface area contributed by atoms with Crippen LogP contribution < -0.4 is 14.8 Å². The van der Waals surface area contributed by atoms with Crippen LogP contribution in [-0.4, -0.2) is 49.9 Å². The third kappa shape index (κ3) is 3.63. The highest BCUT2D eigenvalue weighted by Crippen LogP contribution is 2.30. The zero-order chi connectivity index (χ0) is 19.7. The molecule has 10 heteroatoms. The Kier molecular flexibility index (Phi) is 4.86. The predicted molar refractivity (Wildman–Crippen MR) is 100 cm³/mol. The average molecular weight is 399 g/mol. The summed E-state index contributed by atoms with van der Waals surface area (Å²) in [4.78, 5) is 28.8. The number of aromatic nitrogens is 4. The fourth-order valence-electron chi connectivity index (χ4n) is 2.83. The lowest BCUT2D eigenvalue weighted by molar-refractivity contribution is -0.135. The van der Waals surface area contributed by atoms with Gasteiger partial charge >= 0.3 is 0 Å². The maximum Gasteiger partial charge on any atom is 0.271 e. The SMILES string of the molecule is Cc1cc(C)n2c(SCC(=O)NC(=O)[C@H]3COc4ccccc4O3)nnc2n1. The van der Waals surface area contributed by atoms with Gasteiger partial charge in [0, 0.05) is 11.4 Å². The van der Waals surface area contributed by atoms with E-state index in [0.29, 0.717) is 22.4 Å². The molecule has 0 radical (unpaired) electrons. The van der Waals surface area contributed by atoms with Crippen LogP contribution in [0.25, 0.3) is 5.78 Å². The third-order valence-electron chi connectivity index (χ3n) is 4.06. The molecule has 0 aliphatic carbocycles. The Morgan fingerprint density at radius 2 is 2.04 bits per heavy atom. The minimum atomic E-state index is -0.882. The van der Waals surface area contributed by atoms with E-state index in [1.165, 1.54) is 11.8 Å². The predicted octanol–water partition coefficient (Wildman–Crippen LogP) is 1.32. The molecule has 0 saturated heterocycles. The summed E-state index contributed by atoms with van der Waals surface area (Å²) >= 11 is 1.17. The van der Waals surface area contributed by atoms with Gasteiger partial charge in [0.1, 0.15) is 6.61 Å². The zero-order valence-electron chi connectivity index (χ0n) is 15.2. The van der Waals surface area contributed by atoms with Gasteiger partial charge in [0.25, 0.3) is 11.7 Å². The minimum absolute atomic E-state index is 0.00398. The van der Waals surface area contributed by atoms with Crippen LogP contribution in [-0.2, 0) is 9.59 Å². The number of aryl methyl sites for hydroxylation is 2. The summed E-state index contributed by atoms with van der Waals surface area (Å²) in [7, 11) is 0. The molecule has 0 spiro atoms. The normalized spacial score (nSPS) is 15.4. The van der Waals surface area contributed by atoms with Crippen molar-refractivity contribution < 1.29 is 19.1 Å². The number of para-hydroxylation sites is 2. The molecular weight excluding hydrogens is 382 g/mol. The molecule has 2 amide bonds. The minimum Gasteiger partial charge on any atom is -0.485 e. The summed E-state index contributed by atoms with van der Waals surface area (Å²) in [5.74, 6) is 0.536. The molecule has 3 heterocycles. The second-order valence-corrected chi connectivity index (χ2v) is 7.16. The van der Waals surface area contributed by atoms with Crippen molar-refractivity contribution in [2.45, 2.75) is 25.1 Å². The summed E-state index contributed by atoms with van der Waals surface area (Å²) < 4.78 is 12.9. The molecule has 3 aromatic rings. The third-order valence-corrected chi connectivity index (χ3v) is 4.99. The molecule has 144 valence electrons. The Balaban J connectivity index is 1.36. The van der Waals surface area contributed by atoms with Crippen LogP contribution in [0.4, 0.5) is 0 Å². The summed E-state index contributed by atoms with van der Waals surface area (Å²) in [5.41, 5.74) is 1.76. The topological polar surface area (TPSA) is 108 Å². The number of imide groups is 1. The summed E-state index contributed by atoms with van der Waals surface area (Å²) in [5, 5.41) is 11.0. The second kappa shape index (κ2) is 7.47. The van der Waals surface area contributed by atoms with Crippen molar-refractivity contribution in [2.75, 3.05) is 12.4 Å². The highest BCUT2D eigenvalue weighted by atomic mass is 32.2. The van der Waals surface area contributed by atoms with E-state index in [1.54, 1.807) is 22.6 Å². The fraction of sp³-hybridized carbons (Fsp3) is 0.278. The number of hydrogen-bond donors (Lipinski definition) is 1. The maximum atomic E-state index is 12.3. The van der Waals surface area contributed by atoms with Crippen LogP contribution in [0, 0.1) is 13.8 Å². The van der Waals surface area contributed by atoms with Gasteiger partial charge in [-0.3, -0.25) is 19.3 Å². The Morgan fingerprint density at radius 3 is 2.86 bits per heavy atom. The van der Waals surface area contributed by atoms with Crippen LogP contribution in [0.5, 0.6) is 11.5 Å². The van der Waals surface area contributed by atoms with Gasteiger partial charge in [-0.15, -0.1) is 10.2 Å². The molecule has 0 saturated carbocycles. The van der Waals surface area contributed by atoms with Gasteiger partial charge in [-0.1, -0.05) is 23.9 Å². The van der Waals surface area contributed by atoms with Crippen molar-refractivity contribution >= 4 is 29.4 Å². The van der Waals surface area contributed by atoms with Crippen molar-refractivity contribution in [3.8, 4) is 11.5 Å². The zero-order valence-corrected chi connectivity index (χ0v) is 16.0. The van der Waals surface area contributed by atoms with Crippen LogP contribution in [0.2, 0.25) is 0 Å². The number of thioether (sulfide) groups is 1. The van der Waals surface area contributed by atoms with Gasteiger partial charge in [0.15, 0.2) is 16.7 Å². The van der Waals surface area contributed by atoms with Gasteiger partial charge in [-0.25, -0.2) is 4.98 Å². The number of nitrogens with zero attached hydrogens (tertiary/aromatic N) is 4. The second-order valence-electron chi connectivity index (χ2n) is 6.22. The number of carbonyl (C=O) groups excluding carboxylic acids is 2. The van der Waals surface area contributed by atoms with Gasteiger partial charge in [0.2, 0.25) is 12.0 Å². The number of nitrogens with one attached hydrogen (secondary N) is 1. The lowest BCUT2D eigenvalue weighted by Gasteiger charge is -2.25. The van der Waals surface area contributed by atoms with Crippen LogP contribution in [0.15, 0.2) is 35.5 Å². The van der Waals surface area contributed by atoms with Crippen molar-refractivity contribution in [3.05, 3.63) is 41.7 Å². The fourth-order valence-corrected chi connectivity index (χ4v) is 3.61. The largest absolute Gasteiger partial charge is 0.485 e. The molecule has 4 rings (SSSR count). The maximum absolute atomic E-state index is 12.3. The molecule has 28 heavy (non-hydrogen) atoms. The Hall–Kier alpha value is -3.14. The molecule has 0 unspecified atom stereocenters. The average Bonchev–Trinajstić information content (AvgIpc) is 3.09. The first-order chi connectivity index (χ1) is 13.5. The Bertz CT molecular complexity index is 1070. The number of carbonyl (C=O) groups is 2. The van der Waals surface area contributed by atoms with Gasteiger partial charge < -0.3 is 9.47 Å². The lowest BCUT2D eigenvalue weighted by atomic mass is 10.2. The van der Waals surface area contributed by atoms with E-state index in [9.17, 15) is 9.59 Å². The Labute approximate surface area is 164 Å².